The van der Waals surface area contributed by atoms with E-state index in [-0.39, 0.29) is 46.8 Å². The summed E-state index contributed by atoms with van der Waals surface area (Å²) in [5.74, 6) is -0.886. The van der Waals surface area contributed by atoms with Crippen LogP contribution in [-0.2, 0) is 30.3 Å². The quantitative estimate of drug-likeness (QED) is 0.175. The lowest BCUT2D eigenvalue weighted by Crippen LogP contribution is -2.35. The molecule has 3 aromatic carbocycles. The number of halogens is 2. The maximum Gasteiger partial charge on any atom is 0.438 e. The number of aromatic amines is 1. The molecule has 8 aromatic rings. The van der Waals surface area contributed by atoms with E-state index in [9.17, 15) is 9.59 Å². The Bertz CT molecular complexity index is 3360. The molecule has 1 saturated carbocycles. The highest BCUT2D eigenvalue weighted by Gasteiger charge is 2.59. The normalized spacial score (nSPS) is 20.7. The van der Waals surface area contributed by atoms with Gasteiger partial charge in [0, 0.05) is 49.1 Å². The number of rotatable bonds is 7. The number of fused-ring (bicyclic) bond motifs is 3. The van der Waals surface area contributed by atoms with Gasteiger partial charge in [0.1, 0.15) is 22.9 Å². The Morgan fingerprint density at radius 3 is 2.43 bits per heavy atom. The second-order valence-corrected chi connectivity index (χ2v) is 18.8. The predicted molar refractivity (Wildman–Crippen MR) is 237 cm³/mol. The minimum atomic E-state index is -0.850. The molecule has 5 aromatic heterocycles. The van der Waals surface area contributed by atoms with Crippen LogP contribution in [0.5, 0.6) is 0 Å². The fourth-order valence-corrected chi connectivity index (χ4v) is 10.6. The number of aromatic nitrogens is 9. The molecule has 1 saturated heterocycles. The second-order valence-electron chi connectivity index (χ2n) is 18.8. The van der Waals surface area contributed by atoms with Crippen molar-refractivity contribution in [2.45, 2.75) is 90.3 Å². The maximum absolute atomic E-state index is 16.1. The number of amides is 1. The van der Waals surface area contributed by atoms with Crippen molar-refractivity contribution in [2.75, 3.05) is 13.2 Å². The molecule has 0 spiro atoms. The lowest BCUT2D eigenvalue weighted by molar-refractivity contribution is -0.0592. The summed E-state index contributed by atoms with van der Waals surface area (Å²) in [5, 5.41) is 14.6. The number of hydrogen-bond acceptors (Lipinski definition) is 8. The van der Waals surface area contributed by atoms with Crippen LogP contribution in [0.3, 0.4) is 0 Å². The predicted octanol–water partition coefficient (Wildman–Crippen LogP) is 7.27. The van der Waals surface area contributed by atoms with E-state index < -0.39 is 22.8 Å². The first-order valence-electron chi connectivity index (χ1n) is 22.1. The summed E-state index contributed by atoms with van der Waals surface area (Å²) in [4.78, 5) is 47.1. The third-order valence-corrected chi connectivity index (χ3v) is 14.0. The van der Waals surface area contributed by atoms with E-state index in [2.05, 4.69) is 54.2 Å². The number of imidazole rings is 1. The van der Waals surface area contributed by atoms with Crippen LogP contribution in [-0.4, -0.2) is 73.0 Å². The molecule has 2 aliphatic heterocycles. The van der Waals surface area contributed by atoms with Gasteiger partial charge in [-0.05, 0) is 131 Å². The second kappa shape index (κ2) is 14.6. The first kappa shape index (κ1) is 40.9. The number of benzene rings is 3. The molecule has 0 radical (unpaired) electrons. The zero-order chi connectivity index (χ0) is 45.3. The summed E-state index contributed by atoms with van der Waals surface area (Å²) in [5.41, 5.74) is 3.99. The van der Waals surface area contributed by atoms with E-state index in [4.69, 9.17) is 14.4 Å². The first-order valence-corrected chi connectivity index (χ1v) is 22.1. The fraction of sp³-hybridized carbons (Fsp3) is 0.375. The van der Waals surface area contributed by atoms with Crippen molar-refractivity contribution in [3.05, 3.63) is 139 Å². The molecule has 15 nitrogen and oxygen atoms in total. The van der Waals surface area contributed by atoms with Crippen molar-refractivity contribution < 1.29 is 22.8 Å². The Hall–Kier alpha value is -6.88. The number of H-pyrrole nitrogens is 1. The molecule has 3 aliphatic rings. The molecule has 334 valence electrons. The van der Waals surface area contributed by atoms with E-state index in [0.717, 1.165) is 29.3 Å². The van der Waals surface area contributed by atoms with Crippen molar-refractivity contribution in [1.82, 2.24) is 48.3 Å². The number of hydrogen-bond donors (Lipinski definition) is 1. The van der Waals surface area contributed by atoms with E-state index in [1.807, 2.05) is 10.6 Å². The summed E-state index contributed by atoms with van der Waals surface area (Å²) in [6.07, 6.45) is 7.89. The van der Waals surface area contributed by atoms with Gasteiger partial charge >= 0.3 is 11.4 Å². The smallest absolute Gasteiger partial charge is 0.376 e. The van der Waals surface area contributed by atoms with Crippen LogP contribution in [0.15, 0.2) is 81.2 Å². The average Bonchev–Trinajstić information content (AvgIpc) is 3.83. The summed E-state index contributed by atoms with van der Waals surface area (Å²) < 4.78 is 50.2. The van der Waals surface area contributed by atoms with Gasteiger partial charge in [-0.2, -0.15) is 10.2 Å². The molecule has 65 heavy (non-hydrogen) atoms. The zero-order valence-corrected chi connectivity index (χ0v) is 37.0. The molecule has 3 atom stereocenters. The number of carbonyl (C=O) groups is 1. The molecule has 0 unspecified atom stereocenters. The van der Waals surface area contributed by atoms with Gasteiger partial charge in [-0.25, -0.2) is 23.1 Å². The van der Waals surface area contributed by atoms with Crippen molar-refractivity contribution in [3.8, 4) is 17.2 Å². The first-order chi connectivity index (χ1) is 31.1. The van der Waals surface area contributed by atoms with Crippen LogP contribution < -0.4 is 11.4 Å². The highest BCUT2D eigenvalue weighted by Crippen LogP contribution is 2.56. The van der Waals surface area contributed by atoms with Crippen LogP contribution in [0, 0.1) is 31.4 Å². The number of carbonyl (C=O) groups excluding carboxylic acids is 1. The minimum absolute atomic E-state index is 0.00387. The van der Waals surface area contributed by atoms with Crippen LogP contribution in [0.4, 0.5) is 8.78 Å². The monoisotopic (exact) mass is 882 g/mol. The van der Waals surface area contributed by atoms with Crippen LogP contribution in [0.2, 0.25) is 0 Å². The van der Waals surface area contributed by atoms with Crippen molar-refractivity contribution in [3.63, 3.8) is 0 Å². The maximum atomic E-state index is 16.1. The van der Waals surface area contributed by atoms with Crippen molar-refractivity contribution >= 4 is 27.7 Å². The van der Waals surface area contributed by atoms with E-state index in [0.29, 0.717) is 83.3 Å². The van der Waals surface area contributed by atoms with Gasteiger partial charge in [-0.3, -0.25) is 28.1 Å². The lowest BCUT2D eigenvalue weighted by Gasteiger charge is -2.35. The standard InChI is InChI=1S/C48H48F2N10O5/c1-26-18-32(19-27(2)40(26)49)60-42(58-16-15-57(46(58)63)38-12-11-37-33(41(38)50)24-51-55(37)6)34-25-56(14-7-8-35(34)53-60)43(61)39-21-31-20-29(30-13-17-64-47(4,5)23-30)9-10-36(31)59(39)48(22-28(48)3)44-52-45(62)65-54-44/h9-12,15-16,18-21,24,28,30H,7-8,13-14,17,22-23,25H2,1-6H3,(H,52,54,62)/t28-,30-,48-/m0/s1. The summed E-state index contributed by atoms with van der Waals surface area (Å²) >= 11 is 0. The van der Waals surface area contributed by atoms with Crippen LogP contribution in [0.25, 0.3) is 39.0 Å². The molecule has 1 aliphatic carbocycles. The Kier molecular flexibility index (Phi) is 9.16. The number of aryl methyl sites for hydroxylation is 4. The third kappa shape index (κ3) is 6.37. The molecule has 2 fully saturated rings. The SMILES string of the molecule is Cc1cc(-n2nc3c(c2-n2ccn(-c4ccc5c(cnn5C)c4F)c2=O)CN(C(=O)c2cc4cc([C@H]5CCOC(C)(C)C5)ccc4n2[C@@]2(c4noc(=O)[nH]4)C[C@@H]2C)CCC3)cc(C)c1F. The van der Waals surface area contributed by atoms with Gasteiger partial charge in [-0.1, -0.05) is 18.1 Å². The molecule has 17 heteroatoms. The third-order valence-electron chi connectivity index (χ3n) is 14.0. The molecule has 11 rings (SSSR count). The highest BCUT2D eigenvalue weighted by molar-refractivity contribution is 5.99. The van der Waals surface area contributed by atoms with Crippen LogP contribution in [0.1, 0.15) is 96.6 Å². The highest BCUT2D eigenvalue weighted by atomic mass is 19.1. The van der Waals surface area contributed by atoms with Crippen LogP contribution >= 0.6 is 0 Å². The Balaban J connectivity index is 1.05. The molecule has 0 bridgehead atoms. The minimum Gasteiger partial charge on any atom is -0.376 e. The Morgan fingerprint density at radius 1 is 0.954 bits per heavy atom. The summed E-state index contributed by atoms with van der Waals surface area (Å²) in [6.45, 7) is 10.7. The Morgan fingerprint density at radius 2 is 1.71 bits per heavy atom. The average molecular weight is 883 g/mol. The van der Waals surface area contributed by atoms with Crippen molar-refractivity contribution in [1.29, 1.82) is 0 Å². The van der Waals surface area contributed by atoms with Gasteiger partial charge in [0.15, 0.2) is 11.6 Å². The van der Waals surface area contributed by atoms with Gasteiger partial charge in [0.05, 0.1) is 46.3 Å². The van der Waals surface area contributed by atoms with E-state index in [1.54, 1.807) is 65.6 Å². The van der Waals surface area contributed by atoms with Gasteiger partial charge < -0.3 is 14.2 Å². The molecule has 1 N–H and O–H groups in total. The van der Waals surface area contributed by atoms with Gasteiger partial charge in [-0.15, -0.1) is 0 Å². The molecule has 7 heterocycles. The molecular formula is C48H48F2N10O5. The van der Waals surface area contributed by atoms with Crippen molar-refractivity contribution in [2.24, 2.45) is 13.0 Å². The largest absolute Gasteiger partial charge is 0.438 e. The van der Waals surface area contributed by atoms with Gasteiger partial charge in [0.25, 0.3) is 5.91 Å². The zero-order valence-electron chi connectivity index (χ0n) is 37.0. The molecule has 1 amide bonds. The molecular weight excluding hydrogens is 835 g/mol. The number of nitrogens with one attached hydrogen (secondary N) is 1. The number of nitrogens with zero attached hydrogens (tertiary/aromatic N) is 9. The number of ether oxygens (including phenoxy) is 1. The van der Waals surface area contributed by atoms with E-state index >= 15 is 13.6 Å². The van der Waals surface area contributed by atoms with Gasteiger partial charge in [0.2, 0.25) is 0 Å². The topological polar surface area (TPSA) is 156 Å². The summed E-state index contributed by atoms with van der Waals surface area (Å²) in [6, 6.07) is 14.9. The van der Waals surface area contributed by atoms with E-state index in [1.165, 1.54) is 21.5 Å². The lowest BCUT2D eigenvalue weighted by atomic mass is 9.83. The summed E-state index contributed by atoms with van der Waals surface area (Å²) in [7, 11) is 1.72. The fourth-order valence-electron chi connectivity index (χ4n) is 10.6. The Labute approximate surface area is 370 Å².